The monoisotopic (exact) mass is 155 g/mol. The third kappa shape index (κ3) is 6.11. The van der Waals surface area contributed by atoms with Crippen molar-refractivity contribution < 1.29 is 0 Å². The second-order valence-electron chi connectivity index (χ2n) is 2.97. The quantitative estimate of drug-likeness (QED) is 0.586. The SMILES string of the molecule is CCC(CC)C/C=C/CCN. The van der Waals surface area contributed by atoms with Gasteiger partial charge < -0.3 is 5.73 Å². The van der Waals surface area contributed by atoms with Gasteiger partial charge in [0.25, 0.3) is 0 Å². The van der Waals surface area contributed by atoms with Gasteiger partial charge in [0.15, 0.2) is 0 Å². The molecule has 0 aromatic rings. The molecule has 11 heavy (non-hydrogen) atoms. The first-order valence-corrected chi connectivity index (χ1v) is 4.70. The Bertz CT molecular complexity index is 93.0. The van der Waals surface area contributed by atoms with Gasteiger partial charge in [-0.2, -0.15) is 0 Å². The molecule has 1 heteroatoms. The molecule has 0 amide bonds. The summed E-state index contributed by atoms with van der Waals surface area (Å²) in [6, 6.07) is 0. The molecule has 0 rings (SSSR count). The summed E-state index contributed by atoms with van der Waals surface area (Å²) < 4.78 is 0. The van der Waals surface area contributed by atoms with Crippen LogP contribution in [0, 0.1) is 5.92 Å². The molecule has 66 valence electrons. The molecule has 0 saturated carbocycles. The van der Waals surface area contributed by atoms with E-state index in [1.807, 2.05) is 0 Å². The van der Waals surface area contributed by atoms with Crippen LogP contribution in [0.1, 0.15) is 39.5 Å². The Hall–Kier alpha value is -0.300. The number of nitrogens with two attached hydrogens (primary N) is 1. The molecular formula is C10H21N. The predicted molar refractivity (Wildman–Crippen MR) is 51.5 cm³/mol. The summed E-state index contributed by atoms with van der Waals surface area (Å²) in [5.41, 5.74) is 5.36. The van der Waals surface area contributed by atoms with Crippen LogP contribution in [-0.2, 0) is 0 Å². The zero-order chi connectivity index (χ0) is 8.53. The van der Waals surface area contributed by atoms with E-state index in [1.165, 1.54) is 19.3 Å². The van der Waals surface area contributed by atoms with Crippen molar-refractivity contribution in [1.29, 1.82) is 0 Å². The van der Waals surface area contributed by atoms with Crippen molar-refractivity contribution in [3.63, 3.8) is 0 Å². The molecule has 0 heterocycles. The van der Waals surface area contributed by atoms with E-state index in [-0.39, 0.29) is 0 Å². The summed E-state index contributed by atoms with van der Waals surface area (Å²) in [4.78, 5) is 0. The maximum atomic E-state index is 5.36. The summed E-state index contributed by atoms with van der Waals surface area (Å²) in [5, 5.41) is 0. The molecule has 2 N–H and O–H groups in total. The molecule has 0 aromatic carbocycles. The molecule has 0 unspecified atom stereocenters. The van der Waals surface area contributed by atoms with E-state index in [4.69, 9.17) is 5.73 Å². The summed E-state index contributed by atoms with van der Waals surface area (Å²) in [5.74, 6) is 0.879. The van der Waals surface area contributed by atoms with Crippen molar-refractivity contribution in [3.8, 4) is 0 Å². The molecule has 1 nitrogen and oxygen atoms in total. The Labute approximate surface area is 70.7 Å². The molecule has 0 aliphatic rings. The highest BCUT2D eigenvalue weighted by Crippen LogP contribution is 2.12. The van der Waals surface area contributed by atoms with Crippen molar-refractivity contribution in [1.82, 2.24) is 0 Å². The van der Waals surface area contributed by atoms with Crippen molar-refractivity contribution in [2.45, 2.75) is 39.5 Å². The molecule has 0 aliphatic carbocycles. The van der Waals surface area contributed by atoms with Crippen molar-refractivity contribution in [2.75, 3.05) is 6.54 Å². The highest BCUT2D eigenvalue weighted by atomic mass is 14.5. The van der Waals surface area contributed by atoms with E-state index in [0.29, 0.717) is 0 Å². The van der Waals surface area contributed by atoms with Gasteiger partial charge in [0, 0.05) is 0 Å². The summed E-state index contributed by atoms with van der Waals surface area (Å²) >= 11 is 0. The third-order valence-electron chi connectivity index (χ3n) is 2.12. The lowest BCUT2D eigenvalue weighted by Crippen LogP contribution is -1.96. The van der Waals surface area contributed by atoms with E-state index >= 15 is 0 Å². The normalized spacial score (nSPS) is 11.6. The van der Waals surface area contributed by atoms with Crippen LogP contribution in [0.2, 0.25) is 0 Å². The van der Waals surface area contributed by atoms with Gasteiger partial charge >= 0.3 is 0 Å². The number of rotatable bonds is 6. The van der Waals surface area contributed by atoms with Crippen LogP contribution in [-0.4, -0.2) is 6.54 Å². The first-order chi connectivity index (χ1) is 5.35. The van der Waals surface area contributed by atoms with Crippen LogP contribution < -0.4 is 5.73 Å². The Morgan fingerprint density at radius 2 is 1.82 bits per heavy atom. The van der Waals surface area contributed by atoms with Crippen molar-refractivity contribution in [2.24, 2.45) is 11.7 Å². The first-order valence-electron chi connectivity index (χ1n) is 4.70. The Balaban J connectivity index is 3.33. The number of allylic oxidation sites excluding steroid dienone is 1. The Morgan fingerprint density at radius 1 is 1.18 bits per heavy atom. The van der Waals surface area contributed by atoms with Crippen molar-refractivity contribution in [3.05, 3.63) is 12.2 Å². The predicted octanol–water partition coefficient (Wildman–Crippen LogP) is 2.72. The summed E-state index contributed by atoms with van der Waals surface area (Å²) in [6.45, 7) is 5.29. The largest absolute Gasteiger partial charge is 0.330 e. The fourth-order valence-corrected chi connectivity index (χ4v) is 1.12. The van der Waals surface area contributed by atoms with Crippen LogP contribution in [0.15, 0.2) is 12.2 Å². The van der Waals surface area contributed by atoms with E-state index < -0.39 is 0 Å². The molecule has 0 fully saturated rings. The van der Waals surface area contributed by atoms with Gasteiger partial charge in [-0.3, -0.25) is 0 Å². The zero-order valence-electron chi connectivity index (χ0n) is 7.84. The minimum atomic E-state index is 0.777. The second kappa shape index (κ2) is 7.80. The van der Waals surface area contributed by atoms with Gasteiger partial charge in [0.2, 0.25) is 0 Å². The molecule has 0 spiro atoms. The maximum Gasteiger partial charge on any atom is -0.00426 e. The Kier molecular flexibility index (Phi) is 7.59. The second-order valence-corrected chi connectivity index (χ2v) is 2.97. The first kappa shape index (κ1) is 10.7. The van der Waals surface area contributed by atoms with Crippen molar-refractivity contribution >= 4 is 0 Å². The lowest BCUT2D eigenvalue weighted by atomic mass is 9.99. The minimum Gasteiger partial charge on any atom is -0.330 e. The van der Waals surface area contributed by atoms with Crippen LogP contribution >= 0.6 is 0 Å². The summed E-state index contributed by atoms with van der Waals surface area (Å²) in [7, 11) is 0. The molecule has 0 aliphatic heterocycles. The molecule has 0 aromatic heterocycles. The molecule has 0 saturated heterocycles. The molecule has 0 radical (unpaired) electrons. The van der Waals surface area contributed by atoms with Crippen LogP contribution in [0.25, 0.3) is 0 Å². The van der Waals surface area contributed by atoms with Gasteiger partial charge in [-0.1, -0.05) is 38.8 Å². The van der Waals surface area contributed by atoms with Gasteiger partial charge in [-0.15, -0.1) is 0 Å². The lowest BCUT2D eigenvalue weighted by Gasteiger charge is -2.07. The van der Waals surface area contributed by atoms with Gasteiger partial charge in [0.1, 0.15) is 0 Å². The third-order valence-corrected chi connectivity index (χ3v) is 2.12. The highest BCUT2D eigenvalue weighted by Gasteiger charge is 1.98. The smallest absolute Gasteiger partial charge is 0.00426 e. The van der Waals surface area contributed by atoms with Gasteiger partial charge in [-0.25, -0.2) is 0 Å². The fraction of sp³-hybridized carbons (Fsp3) is 0.800. The van der Waals surface area contributed by atoms with E-state index in [9.17, 15) is 0 Å². The number of hydrogen-bond donors (Lipinski definition) is 1. The van der Waals surface area contributed by atoms with E-state index in [1.54, 1.807) is 0 Å². The fourth-order valence-electron chi connectivity index (χ4n) is 1.12. The van der Waals surface area contributed by atoms with Crippen LogP contribution in [0.4, 0.5) is 0 Å². The Morgan fingerprint density at radius 3 is 2.27 bits per heavy atom. The topological polar surface area (TPSA) is 26.0 Å². The highest BCUT2D eigenvalue weighted by molar-refractivity contribution is 4.83. The lowest BCUT2D eigenvalue weighted by molar-refractivity contribution is 0.499. The van der Waals surface area contributed by atoms with Crippen LogP contribution in [0.3, 0.4) is 0 Å². The van der Waals surface area contributed by atoms with Gasteiger partial charge in [-0.05, 0) is 25.3 Å². The van der Waals surface area contributed by atoms with E-state index in [0.717, 1.165) is 18.9 Å². The van der Waals surface area contributed by atoms with E-state index in [2.05, 4.69) is 26.0 Å². The zero-order valence-corrected chi connectivity index (χ0v) is 7.84. The van der Waals surface area contributed by atoms with Crippen LogP contribution in [0.5, 0.6) is 0 Å². The standard InChI is InChI=1S/C10H21N/c1-3-10(4-2)8-6-5-7-9-11/h5-6,10H,3-4,7-9,11H2,1-2H3/b6-5+. The minimum absolute atomic E-state index is 0.777. The maximum absolute atomic E-state index is 5.36. The summed E-state index contributed by atoms with van der Waals surface area (Å²) in [6.07, 6.45) is 9.31. The average Bonchev–Trinajstić information content (AvgIpc) is 2.05. The molecule has 0 bridgehead atoms. The number of hydrogen-bond acceptors (Lipinski definition) is 1. The average molecular weight is 155 g/mol. The molecule has 0 atom stereocenters. The van der Waals surface area contributed by atoms with Gasteiger partial charge in [0.05, 0.1) is 0 Å². The molecular weight excluding hydrogens is 134 g/mol.